The average Bonchev–Trinajstić information content (AvgIpc) is 2.70. The van der Waals surface area contributed by atoms with Gasteiger partial charge < -0.3 is 5.73 Å². The molecule has 1 aliphatic rings. The Labute approximate surface area is 117 Å². The van der Waals surface area contributed by atoms with Crippen molar-refractivity contribution in [2.75, 3.05) is 17.8 Å². The molecular weight excluding hydrogens is 286 g/mol. The number of hydrogen-bond acceptors (Lipinski definition) is 5. The molecule has 1 unspecified atom stereocenters. The highest BCUT2D eigenvalue weighted by atomic mass is 32.2. The second-order valence-corrected chi connectivity index (χ2v) is 9.31. The number of aryl methyl sites for hydroxylation is 1. The van der Waals surface area contributed by atoms with Gasteiger partial charge in [0.2, 0.25) is 0 Å². The number of rotatable bonds is 5. The molecule has 18 heavy (non-hydrogen) atoms. The Bertz CT molecular complexity index is 484. The lowest BCUT2D eigenvalue weighted by molar-refractivity contribution is 0.589. The van der Waals surface area contributed by atoms with Gasteiger partial charge in [0.15, 0.2) is 0 Å². The molecule has 0 aromatic carbocycles. The summed E-state index contributed by atoms with van der Waals surface area (Å²) >= 11 is 3.78. The first-order valence-corrected chi connectivity index (χ1v) is 10.1. The zero-order valence-electron chi connectivity index (χ0n) is 10.5. The second-order valence-electron chi connectivity index (χ2n) is 4.78. The van der Waals surface area contributed by atoms with E-state index in [-0.39, 0.29) is 11.8 Å². The van der Waals surface area contributed by atoms with E-state index in [0.717, 1.165) is 18.6 Å². The van der Waals surface area contributed by atoms with Gasteiger partial charge in [-0.1, -0.05) is 0 Å². The Kier molecular flexibility index (Phi) is 4.75. The van der Waals surface area contributed by atoms with Crippen molar-refractivity contribution in [3.8, 4) is 0 Å². The molecule has 2 rings (SSSR count). The summed E-state index contributed by atoms with van der Waals surface area (Å²) in [6.45, 7) is 0. The van der Waals surface area contributed by atoms with Crippen LogP contribution in [0.2, 0.25) is 0 Å². The van der Waals surface area contributed by atoms with Crippen LogP contribution in [0.4, 0.5) is 0 Å². The zero-order chi connectivity index (χ0) is 13.2. The normalized spacial score (nSPS) is 17.4. The van der Waals surface area contributed by atoms with E-state index in [1.54, 1.807) is 0 Å². The van der Waals surface area contributed by atoms with Crippen molar-refractivity contribution in [2.45, 2.75) is 31.1 Å². The predicted molar refractivity (Wildman–Crippen MR) is 80.1 cm³/mol. The van der Waals surface area contributed by atoms with E-state index in [2.05, 4.69) is 6.07 Å². The third-order valence-electron chi connectivity index (χ3n) is 3.04. The first-order chi connectivity index (χ1) is 8.46. The largest absolute Gasteiger partial charge is 0.323 e. The highest BCUT2D eigenvalue weighted by Crippen LogP contribution is 2.34. The van der Waals surface area contributed by atoms with Crippen molar-refractivity contribution < 1.29 is 8.42 Å². The van der Waals surface area contributed by atoms with Crippen molar-refractivity contribution in [1.82, 2.24) is 0 Å². The van der Waals surface area contributed by atoms with Crippen molar-refractivity contribution in [2.24, 2.45) is 5.73 Å². The molecule has 2 heterocycles. The molecule has 0 bridgehead atoms. The van der Waals surface area contributed by atoms with E-state index < -0.39 is 9.84 Å². The summed E-state index contributed by atoms with van der Waals surface area (Å²) in [5.41, 5.74) is 7.58. The average molecular weight is 305 g/mol. The van der Waals surface area contributed by atoms with Crippen LogP contribution in [0, 0.1) is 0 Å². The molecular formula is C12H19NO2S3. The smallest absolute Gasteiger partial charge is 0.147 e. The van der Waals surface area contributed by atoms with E-state index in [4.69, 9.17) is 5.73 Å². The maximum absolute atomic E-state index is 11.1. The SMILES string of the molecule is CS(=O)(=O)CCCC(N)c1cc2c(s1)CCSC2. The lowest BCUT2D eigenvalue weighted by Crippen LogP contribution is -2.11. The number of fused-ring (bicyclic) bond motifs is 1. The summed E-state index contributed by atoms with van der Waals surface area (Å²) < 4.78 is 22.1. The van der Waals surface area contributed by atoms with Crippen LogP contribution in [0.15, 0.2) is 6.07 Å². The van der Waals surface area contributed by atoms with Crippen LogP contribution in [-0.2, 0) is 22.0 Å². The van der Waals surface area contributed by atoms with Gasteiger partial charge in [-0.15, -0.1) is 11.3 Å². The van der Waals surface area contributed by atoms with E-state index in [1.807, 2.05) is 23.1 Å². The minimum Gasteiger partial charge on any atom is -0.323 e. The van der Waals surface area contributed by atoms with Crippen LogP contribution < -0.4 is 5.73 Å². The molecule has 0 saturated carbocycles. The molecule has 6 heteroatoms. The maximum atomic E-state index is 11.1. The summed E-state index contributed by atoms with van der Waals surface area (Å²) in [5.74, 6) is 2.54. The van der Waals surface area contributed by atoms with E-state index in [1.165, 1.54) is 27.3 Å². The Morgan fingerprint density at radius 1 is 1.50 bits per heavy atom. The van der Waals surface area contributed by atoms with Gasteiger partial charge in [-0.2, -0.15) is 11.8 Å². The van der Waals surface area contributed by atoms with E-state index in [9.17, 15) is 8.42 Å². The van der Waals surface area contributed by atoms with Gasteiger partial charge >= 0.3 is 0 Å². The fourth-order valence-electron chi connectivity index (χ4n) is 2.06. The van der Waals surface area contributed by atoms with Crippen LogP contribution in [0.5, 0.6) is 0 Å². The number of thiophene rings is 1. The third kappa shape index (κ3) is 3.98. The second kappa shape index (κ2) is 5.94. The third-order valence-corrected chi connectivity index (χ3v) is 6.45. The zero-order valence-corrected chi connectivity index (χ0v) is 13.0. The Balaban J connectivity index is 1.92. The first-order valence-electron chi connectivity index (χ1n) is 6.08. The molecule has 102 valence electrons. The first kappa shape index (κ1) is 14.4. The topological polar surface area (TPSA) is 60.2 Å². The standard InChI is InChI=1S/C12H19NO2S3/c1-18(14,15)6-2-3-10(13)12-7-9-8-16-5-4-11(9)17-12/h7,10H,2-6,8,13H2,1H3. The molecule has 2 N–H and O–H groups in total. The minimum absolute atomic E-state index is 0.00708. The summed E-state index contributed by atoms with van der Waals surface area (Å²) in [7, 11) is -2.86. The molecule has 0 fully saturated rings. The van der Waals surface area contributed by atoms with Gasteiger partial charge in [-0.3, -0.25) is 0 Å². The van der Waals surface area contributed by atoms with Crippen LogP contribution in [-0.4, -0.2) is 26.2 Å². The van der Waals surface area contributed by atoms with Crippen LogP contribution in [0.25, 0.3) is 0 Å². The summed E-state index contributed by atoms with van der Waals surface area (Å²) in [4.78, 5) is 2.69. The molecule has 0 radical (unpaired) electrons. The number of thioether (sulfide) groups is 1. The monoisotopic (exact) mass is 305 g/mol. The number of hydrogen-bond donors (Lipinski definition) is 1. The van der Waals surface area contributed by atoms with Crippen molar-refractivity contribution in [3.63, 3.8) is 0 Å². The van der Waals surface area contributed by atoms with Gasteiger partial charge in [0, 0.05) is 33.6 Å². The molecule has 0 aliphatic carbocycles. The quantitative estimate of drug-likeness (QED) is 0.907. The molecule has 1 aromatic rings. The lowest BCUT2D eigenvalue weighted by Gasteiger charge is -2.08. The molecule has 1 atom stereocenters. The van der Waals surface area contributed by atoms with Crippen LogP contribution in [0.1, 0.15) is 34.2 Å². The summed E-state index contributed by atoms with van der Waals surface area (Å²) in [6, 6.07) is 2.21. The molecule has 3 nitrogen and oxygen atoms in total. The molecule has 0 spiro atoms. The van der Waals surface area contributed by atoms with Crippen molar-refractivity contribution in [3.05, 3.63) is 21.4 Å². The number of nitrogens with two attached hydrogens (primary N) is 1. The lowest BCUT2D eigenvalue weighted by atomic mass is 10.1. The van der Waals surface area contributed by atoms with Gasteiger partial charge in [-0.05, 0) is 36.6 Å². The molecule has 0 saturated heterocycles. The van der Waals surface area contributed by atoms with Crippen LogP contribution >= 0.6 is 23.1 Å². The number of sulfone groups is 1. The summed E-state index contributed by atoms with van der Waals surface area (Å²) in [6.07, 6.45) is 3.83. The summed E-state index contributed by atoms with van der Waals surface area (Å²) in [5, 5.41) is 0. The Morgan fingerprint density at radius 2 is 2.28 bits per heavy atom. The minimum atomic E-state index is -2.86. The predicted octanol–water partition coefficient (Wildman–Crippen LogP) is 2.36. The maximum Gasteiger partial charge on any atom is 0.147 e. The molecule has 1 aromatic heterocycles. The van der Waals surface area contributed by atoms with Gasteiger partial charge in [0.1, 0.15) is 9.84 Å². The van der Waals surface area contributed by atoms with Crippen LogP contribution in [0.3, 0.4) is 0 Å². The van der Waals surface area contributed by atoms with Gasteiger partial charge in [0.05, 0.1) is 0 Å². The Morgan fingerprint density at radius 3 is 2.94 bits per heavy atom. The molecule has 1 aliphatic heterocycles. The van der Waals surface area contributed by atoms with Crippen molar-refractivity contribution >= 4 is 32.9 Å². The highest BCUT2D eigenvalue weighted by Gasteiger charge is 2.17. The fourth-order valence-corrected chi connectivity index (χ4v) is 5.16. The highest BCUT2D eigenvalue weighted by molar-refractivity contribution is 7.98. The fraction of sp³-hybridized carbons (Fsp3) is 0.667. The van der Waals surface area contributed by atoms with E-state index >= 15 is 0 Å². The Hall–Kier alpha value is -0.0400. The van der Waals surface area contributed by atoms with Gasteiger partial charge in [0.25, 0.3) is 0 Å². The van der Waals surface area contributed by atoms with Crippen molar-refractivity contribution in [1.29, 1.82) is 0 Å². The van der Waals surface area contributed by atoms with E-state index in [0.29, 0.717) is 6.42 Å². The molecule has 0 amide bonds. The van der Waals surface area contributed by atoms with Gasteiger partial charge in [-0.25, -0.2) is 8.42 Å².